The molecule has 14 heteroatoms. The third-order valence-corrected chi connectivity index (χ3v) is 13.5. The Labute approximate surface area is 342 Å². The Kier molecular flexibility index (Phi) is 11.4. The summed E-state index contributed by atoms with van der Waals surface area (Å²) in [7, 11) is 0. The van der Waals surface area contributed by atoms with Gasteiger partial charge < -0.3 is 15.1 Å². The number of aryl methyl sites for hydroxylation is 2. The maximum Gasteiger partial charge on any atom is 0.255 e. The van der Waals surface area contributed by atoms with E-state index in [2.05, 4.69) is 56.3 Å². The summed E-state index contributed by atoms with van der Waals surface area (Å²) in [6.07, 6.45) is 7.17. The van der Waals surface area contributed by atoms with Crippen LogP contribution in [0.25, 0.3) is 5.00 Å². The number of hydrogen-bond donors (Lipinski definition) is 2. The molecule has 0 bridgehead atoms. The highest BCUT2D eigenvalue weighted by atomic mass is 35.5. The number of amides is 4. The number of thiophene rings is 1. The normalized spacial score (nSPS) is 19.8. The number of imide groups is 1. The van der Waals surface area contributed by atoms with Gasteiger partial charge in [0.05, 0.1) is 12.1 Å². The van der Waals surface area contributed by atoms with Gasteiger partial charge in [-0.1, -0.05) is 48.7 Å². The van der Waals surface area contributed by atoms with Crippen molar-refractivity contribution in [2.24, 2.45) is 4.99 Å². The lowest BCUT2D eigenvalue weighted by molar-refractivity contribution is -0.137. The van der Waals surface area contributed by atoms with E-state index in [0.29, 0.717) is 41.8 Å². The van der Waals surface area contributed by atoms with Crippen LogP contribution >= 0.6 is 22.9 Å². The van der Waals surface area contributed by atoms with Crippen LogP contribution in [0.5, 0.6) is 0 Å². The number of carbonyl (C=O) groups is 4. The highest BCUT2D eigenvalue weighted by molar-refractivity contribution is 7.15. The Balaban J connectivity index is 0.779. The SMILES string of the molecule is Cc1sc2c(c1C)C(c1ccc(Cl)cc1)=NC(CC(=O)NCCCCCCN1CCC(c3ccc4c(c3)CN(C3CCC(=O)NC3=O)C4=O)CC1)c1nnc(C)n1-2. The molecule has 0 saturated carbocycles. The summed E-state index contributed by atoms with van der Waals surface area (Å²) in [5, 5.41) is 16.1. The highest BCUT2D eigenvalue weighted by Gasteiger charge is 2.39. The van der Waals surface area contributed by atoms with E-state index in [9.17, 15) is 19.2 Å². The molecule has 2 N–H and O–H groups in total. The average Bonchev–Trinajstić information content (AvgIpc) is 3.81. The fraction of sp³-hybridized carbons (Fsp3) is 0.465. The first-order valence-electron chi connectivity index (χ1n) is 20.2. The number of halogens is 1. The van der Waals surface area contributed by atoms with Crippen LogP contribution in [-0.2, 0) is 20.9 Å². The van der Waals surface area contributed by atoms with Gasteiger partial charge in [0.1, 0.15) is 22.9 Å². The van der Waals surface area contributed by atoms with Gasteiger partial charge in [-0.3, -0.25) is 34.1 Å². The second-order valence-electron chi connectivity index (χ2n) is 15.8. The first-order valence-corrected chi connectivity index (χ1v) is 21.4. The molecule has 2 saturated heterocycles. The quantitative estimate of drug-likeness (QED) is 0.123. The van der Waals surface area contributed by atoms with Crippen LogP contribution in [-0.4, -0.2) is 86.1 Å². The number of aliphatic imine (C=N–C) groups is 1. The van der Waals surface area contributed by atoms with Crippen LogP contribution in [0, 0.1) is 20.8 Å². The molecular weight excluding hydrogens is 760 g/mol. The molecule has 2 atom stereocenters. The first-order chi connectivity index (χ1) is 27.5. The molecule has 298 valence electrons. The fourth-order valence-electron chi connectivity index (χ4n) is 8.76. The Morgan fingerprint density at radius 2 is 1.74 bits per heavy atom. The standard InChI is InChI=1S/C43H49ClN8O4S/c1-25-26(2)57-43-38(25)39(29-8-11-32(44)12-9-29)46-34(40-49-48-27(3)52(40)43)23-37(54)45-18-6-4-5-7-19-50-20-16-28(17-21-50)30-10-13-33-31(22-30)24-51(42(33)56)35-14-15-36(53)47-41(35)55/h8-13,22,28,34-35H,4-7,14-21,23-24H2,1-3H3,(H,45,54)(H,47,53,55). The predicted octanol–water partition coefficient (Wildman–Crippen LogP) is 6.51. The second-order valence-corrected chi connectivity index (χ2v) is 17.4. The van der Waals surface area contributed by atoms with Crippen LogP contribution in [0.2, 0.25) is 5.02 Å². The van der Waals surface area contributed by atoms with Gasteiger partial charge in [0, 0.05) is 46.1 Å². The molecule has 4 aliphatic heterocycles. The molecule has 2 aromatic heterocycles. The largest absolute Gasteiger partial charge is 0.356 e. The highest BCUT2D eigenvalue weighted by Crippen LogP contribution is 2.40. The molecular formula is C43H49ClN8O4S. The monoisotopic (exact) mass is 808 g/mol. The van der Waals surface area contributed by atoms with E-state index < -0.39 is 12.1 Å². The maximum atomic E-state index is 13.4. The van der Waals surface area contributed by atoms with Gasteiger partial charge in [-0.25, -0.2) is 0 Å². The molecule has 0 spiro atoms. The minimum atomic E-state index is -0.589. The van der Waals surface area contributed by atoms with Crippen molar-refractivity contribution in [1.82, 2.24) is 35.2 Å². The molecule has 8 rings (SSSR count). The lowest BCUT2D eigenvalue weighted by atomic mass is 9.88. The molecule has 4 aliphatic rings. The van der Waals surface area contributed by atoms with Gasteiger partial charge >= 0.3 is 0 Å². The molecule has 0 radical (unpaired) electrons. The van der Waals surface area contributed by atoms with Crippen molar-refractivity contribution >= 4 is 52.3 Å². The van der Waals surface area contributed by atoms with Gasteiger partial charge in [-0.05, 0) is 113 Å². The van der Waals surface area contributed by atoms with E-state index in [1.165, 1.54) is 10.4 Å². The van der Waals surface area contributed by atoms with Crippen LogP contribution in [0.3, 0.4) is 0 Å². The summed E-state index contributed by atoms with van der Waals surface area (Å²) in [6, 6.07) is 12.8. The summed E-state index contributed by atoms with van der Waals surface area (Å²) in [4.78, 5) is 61.1. The number of nitrogens with one attached hydrogen (secondary N) is 2. The van der Waals surface area contributed by atoms with E-state index in [4.69, 9.17) is 16.6 Å². The molecule has 4 amide bonds. The molecule has 6 heterocycles. The zero-order valence-electron chi connectivity index (χ0n) is 32.8. The summed E-state index contributed by atoms with van der Waals surface area (Å²) in [6.45, 7) is 10.4. The van der Waals surface area contributed by atoms with Crippen molar-refractivity contribution in [3.8, 4) is 5.00 Å². The van der Waals surface area contributed by atoms with E-state index in [1.54, 1.807) is 16.2 Å². The molecule has 12 nitrogen and oxygen atoms in total. The van der Waals surface area contributed by atoms with Crippen molar-refractivity contribution in [3.63, 3.8) is 0 Å². The Bertz CT molecular complexity index is 2240. The number of unbranched alkanes of at least 4 members (excludes halogenated alkanes) is 3. The lowest BCUT2D eigenvalue weighted by Gasteiger charge is -2.32. The van der Waals surface area contributed by atoms with Gasteiger partial charge in [-0.15, -0.1) is 21.5 Å². The van der Waals surface area contributed by atoms with Crippen molar-refractivity contribution in [3.05, 3.63) is 97.4 Å². The summed E-state index contributed by atoms with van der Waals surface area (Å²) in [5.41, 5.74) is 6.92. The minimum absolute atomic E-state index is 0.0472. The number of nitrogens with zero attached hydrogens (tertiary/aromatic N) is 6. The molecule has 57 heavy (non-hydrogen) atoms. The number of piperidine rings is 2. The third kappa shape index (κ3) is 8.06. The van der Waals surface area contributed by atoms with E-state index in [0.717, 1.165) is 97.0 Å². The Hall–Kier alpha value is -4.72. The fourth-order valence-corrected chi connectivity index (χ4v) is 10.1. The van der Waals surface area contributed by atoms with Crippen molar-refractivity contribution in [2.45, 2.75) is 103 Å². The molecule has 2 fully saturated rings. The van der Waals surface area contributed by atoms with Crippen LogP contribution in [0.1, 0.15) is 124 Å². The zero-order chi connectivity index (χ0) is 39.8. The number of benzene rings is 2. The molecule has 0 aliphatic carbocycles. The minimum Gasteiger partial charge on any atom is -0.356 e. The number of rotatable bonds is 12. The maximum absolute atomic E-state index is 13.4. The van der Waals surface area contributed by atoms with Gasteiger partial charge in [-0.2, -0.15) is 0 Å². The summed E-state index contributed by atoms with van der Waals surface area (Å²) in [5.74, 6) is 1.08. The van der Waals surface area contributed by atoms with Crippen molar-refractivity contribution in [1.29, 1.82) is 0 Å². The van der Waals surface area contributed by atoms with Crippen molar-refractivity contribution < 1.29 is 19.2 Å². The van der Waals surface area contributed by atoms with Crippen LogP contribution in [0.4, 0.5) is 0 Å². The second kappa shape index (κ2) is 16.6. The predicted molar refractivity (Wildman–Crippen MR) is 220 cm³/mol. The molecule has 2 aromatic carbocycles. The van der Waals surface area contributed by atoms with Crippen LogP contribution < -0.4 is 10.6 Å². The van der Waals surface area contributed by atoms with Gasteiger partial charge in [0.2, 0.25) is 17.7 Å². The van der Waals surface area contributed by atoms with E-state index in [-0.39, 0.29) is 36.5 Å². The average molecular weight is 809 g/mol. The molecule has 4 aromatic rings. The molecule has 2 unspecified atom stereocenters. The number of aromatic nitrogens is 3. The number of likely N-dealkylation sites (tertiary alicyclic amines) is 1. The zero-order valence-corrected chi connectivity index (χ0v) is 34.3. The van der Waals surface area contributed by atoms with Crippen molar-refractivity contribution in [2.75, 3.05) is 26.2 Å². The van der Waals surface area contributed by atoms with Crippen LogP contribution in [0.15, 0.2) is 47.5 Å². The lowest BCUT2D eigenvalue weighted by Crippen LogP contribution is -2.52. The first kappa shape index (κ1) is 39.1. The van der Waals surface area contributed by atoms with Gasteiger partial charge in [0.25, 0.3) is 5.91 Å². The van der Waals surface area contributed by atoms with E-state index >= 15 is 0 Å². The Morgan fingerprint density at radius 1 is 0.965 bits per heavy atom. The topological polar surface area (TPSA) is 142 Å². The third-order valence-electron chi connectivity index (χ3n) is 12.1. The Morgan fingerprint density at radius 3 is 2.51 bits per heavy atom. The summed E-state index contributed by atoms with van der Waals surface area (Å²) >= 11 is 7.94. The number of fused-ring (bicyclic) bond motifs is 4. The summed E-state index contributed by atoms with van der Waals surface area (Å²) < 4.78 is 2.07. The number of carbonyl (C=O) groups excluding carboxylic acids is 4. The number of hydrogen-bond acceptors (Lipinski definition) is 9. The smallest absolute Gasteiger partial charge is 0.255 e. The van der Waals surface area contributed by atoms with E-state index in [1.807, 2.05) is 37.3 Å². The van der Waals surface area contributed by atoms with Gasteiger partial charge in [0.15, 0.2) is 5.82 Å².